The Bertz CT molecular complexity index is 252. The summed E-state index contributed by atoms with van der Waals surface area (Å²) in [7, 11) is -1.65. The van der Waals surface area contributed by atoms with Gasteiger partial charge in [-0.3, -0.25) is 13.8 Å². The largest absolute Gasteiger partial charge is 0.480 e. The molecule has 0 bridgehead atoms. The molecule has 0 radical (unpaired) electrons. The normalized spacial score (nSPS) is 14.9. The Hall–Kier alpha value is -0.910. The third-order valence-electron chi connectivity index (χ3n) is 1.47. The molecular formula is C8H15NO4S. The average molecular weight is 221 g/mol. The lowest BCUT2D eigenvalue weighted by molar-refractivity contribution is -0.136. The first-order valence-corrected chi connectivity index (χ1v) is 5.62. The molecule has 14 heavy (non-hydrogen) atoms. The van der Waals surface area contributed by atoms with Gasteiger partial charge >= 0.3 is 5.97 Å². The van der Waals surface area contributed by atoms with Crippen molar-refractivity contribution in [3.05, 3.63) is 0 Å². The van der Waals surface area contributed by atoms with Gasteiger partial charge in [-0.25, -0.2) is 0 Å². The summed E-state index contributed by atoms with van der Waals surface area (Å²) in [6, 6.07) is -0.0281. The number of hydrogen-bond acceptors (Lipinski definition) is 3. The summed E-state index contributed by atoms with van der Waals surface area (Å²) in [6.07, 6.45) is 0. The van der Waals surface area contributed by atoms with E-state index >= 15 is 0 Å². The maximum atomic E-state index is 11.2. The van der Waals surface area contributed by atoms with Crippen LogP contribution in [0.25, 0.3) is 0 Å². The van der Waals surface area contributed by atoms with E-state index in [-0.39, 0.29) is 17.7 Å². The van der Waals surface area contributed by atoms with E-state index in [1.54, 1.807) is 13.8 Å². The Morgan fingerprint density at radius 1 is 1.36 bits per heavy atom. The highest BCUT2D eigenvalue weighted by atomic mass is 32.2. The van der Waals surface area contributed by atoms with E-state index in [0.717, 1.165) is 0 Å². The van der Waals surface area contributed by atoms with Gasteiger partial charge in [0.15, 0.2) is 0 Å². The molecule has 6 heteroatoms. The van der Waals surface area contributed by atoms with Crippen molar-refractivity contribution in [2.75, 3.05) is 5.75 Å². The van der Waals surface area contributed by atoms with Gasteiger partial charge in [0.2, 0.25) is 5.91 Å². The molecule has 82 valence electrons. The number of carboxylic acid groups (broad SMARTS) is 1. The van der Waals surface area contributed by atoms with E-state index in [1.807, 2.05) is 0 Å². The first kappa shape index (κ1) is 13.1. The minimum atomic E-state index is -1.65. The van der Waals surface area contributed by atoms with Crippen molar-refractivity contribution >= 4 is 22.7 Å². The van der Waals surface area contributed by atoms with Crippen molar-refractivity contribution in [3.8, 4) is 0 Å². The molecule has 0 fully saturated rings. The summed E-state index contributed by atoms with van der Waals surface area (Å²) in [5.41, 5.74) is 0. The molecule has 0 aliphatic rings. The standard InChI is InChI=1S/C8H15NO4S/c1-5(2)9-7(10)4-14(13)6(3)8(11)12/h5-6H,4H2,1-3H3,(H,9,10)(H,11,12). The molecule has 0 spiro atoms. The molecule has 0 aliphatic carbocycles. The van der Waals surface area contributed by atoms with Crippen LogP contribution in [0.2, 0.25) is 0 Å². The SMILES string of the molecule is CC(C)NC(=O)CS(=O)C(C)C(=O)O. The predicted molar refractivity (Wildman–Crippen MR) is 53.4 cm³/mol. The summed E-state index contributed by atoms with van der Waals surface area (Å²) in [5, 5.41) is 10.1. The number of hydrogen-bond donors (Lipinski definition) is 2. The Morgan fingerprint density at radius 3 is 2.21 bits per heavy atom. The van der Waals surface area contributed by atoms with E-state index in [0.29, 0.717) is 0 Å². The van der Waals surface area contributed by atoms with Crippen LogP contribution in [0.3, 0.4) is 0 Å². The monoisotopic (exact) mass is 221 g/mol. The second kappa shape index (κ2) is 5.74. The Labute approximate surface area is 85.3 Å². The fourth-order valence-corrected chi connectivity index (χ4v) is 1.55. The molecule has 0 aromatic rings. The Kier molecular flexibility index (Phi) is 5.37. The zero-order valence-electron chi connectivity index (χ0n) is 8.44. The molecular weight excluding hydrogens is 206 g/mol. The van der Waals surface area contributed by atoms with Gasteiger partial charge in [-0.1, -0.05) is 0 Å². The average Bonchev–Trinajstić information content (AvgIpc) is 2.00. The molecule has 0 rings (SSSR count). The van der Waals surface area contributed by atoms with Crippen LogP contribution in [0.1, 0.15) is 20.8 Å². The van der Waals surface area contributed by atoms with Crippen molar-refractivity contribution in [1.82, 2.24) is 5.32 Å². The Morgan fingerprint density at radius 2 is 1.86 bits per heavy atom. The van der Waals surface area contributed by atoms with Crippen LogP contribution in [0.4, 0.5) is 0 Å². The maximum Gasteiger partial charge on any atom is 0.318 e. The highest BCUT2D eigenvalue weighted by Crippen LogP contribution is 1.96. The molecule has 5 nitrogen and oxygen atoms in total. The number of carbonyl (C=O) groups excluding carboxylic acids is 1. The second-order valence-corrected chi connectivity index (χ2v) is 4.99. The minimum absolute atomic E-state index is 0.0281. The summed E-state index contributed by atoms with van der Waals surface area (Å²) in [4.78, 5) is 21.5. The quantitative estimate of drug-likeness (QED) is 0.669. The first-order chi connectivity index (χ1) is 6.34. The molecule has 0 heterocycles. The maximum absolute atomic E-state index is 11.2. The third-order valence-corrected chi connectivity index (χ3v) is 3.00. The number of carboxylic acids is 1. The van der Waals surface area contributed by atoms with Crippen LogP contribution in [0.15, 0.2) is 0 Å². The van der Waals surface area contributed by atoms with Crippen LogP contribution in [0, 0.1) is 0 Å². The fraction of sp³-hybridized carbons (Fsp3) is 0.750. The lowest BCUT2D eigenvalue weighted by Crippen LogP contribution is -2.36. The van der Waals surface area contributed by atoms with Crippen LogP contribution in [0.5, 0.6) is 0 Å². The van der Waals surface area contributed by atoms with Gasteiger partial charge in [-0.2, -0.15) is 0 Å². The van der Waals surface area contributed by atoms with E-state index in [9.17, 15) is 13.8 Å². The second-order valence-electron chi connectivity index (χ2n) is 3.23. The molecule has 2 unspecified atom stereocenters. The highest BCUT2D eigenvalue weighted by molar-refractivity contribution is 7.87. The van der Waals surface area contributed by atoms with Crippen molar-refractivity contribution in [2.45, 2.75) is 32.1 Å². The van der Waals surface area contributed by atoms with Crippen molar-refractivity contribution in [2.24, 2.45) is 0 Å². The molecule has 0 aliphatic heterocycles. The fourth-order valence-electron chi connectivity index (χ4n) is 0.730. The van der Waals surface area contributed by atoms with Crippen molar-refractivity contribution in [3.63, 3.8) is 0 Å². The lowest BCUT2D eigenvalue weighted by Gasteiger charge is -2.09. The van der Waals surface area contributed by atoms with Crippen molar-refractivity contribution < 1.29 is 18.9 Å². The number of amides is 1. The zero-order chi connectivity index (χ0) is 11.3. The number of nitrogens with one attached hydrogen (secondary N) is 1. The third kappa shape index (κ3) is 4.96. The van der Waals surface area contributed by atoms with E-state index in [2.05, 4.69) is 5.32 Å². The molecule has 0 saturated heterocycles. The smallest absolute Gasteiger partial charge is 0.318 e. The van der Waals surface area contributed by atoms with Crippen LogP contribution in [-0.2, 0) is 20.4 Å². The van der Waals surface area contributed by atoms with Crippen LogP contribution in [-0.4, -0.2) is 38.2 Å². The highest BCUT2D eigenvalue weighted by Gasteiger charge is 2.21. The molecule has 0 saturated carbocycles. The Balaban J connectivity index is 4.06. The lowest BCUT2D eigenvalue weighted by atomic mass is 10.4. The minimum Gasteiger partial charge on any atom is -0.480 e. The predicted octanol–water partition coefficient (Wildman–Crippen LogP) is -0.267. The number of aliphatic carboxylic acids is 1. The van der Waals surface area contributed by atoms with Gasteiger partial charge in [0.1, 0.15) is 11.0 Å². The summed E-state index contributed by atoms with van der Waals surface area (Å²) in [5.74, 6) is -1.79. The van der Waals surface area contributed by atoms with Crippen LogP contribution < -0.4 is 5.32 Å². The summed E-state index contributed by atoms with van der Waals surface area (Å²) < 4.78 is 11.2. The molecule has 0 aromatic carbocycles. The molecule has 1 amide bonds. The molecule has 2 N–H and O–H groups in total. The summed E-state index contributed by atoms with van der Waals surface area (Å²) in [6.45, 7) is 4.88. The topological polar surface area (TPSA) is 83.5 Å². The van der Waals surface area contributed by atoms with Gasteiger partial charge in [-0.15, -0.1) is 0 Å². The summed E-state index contributed by atoms with van der Waals surface area (Å²) >= 11 is 0. The number of carbonyl (C=O) groups is 2. The van der Waals surface area contributed by atoms with E-state index in [1.165, 1.54) is 6.92 Å². The van der Waals surface area contributed by atoms with Gasteiger partial charge < -0.3 is 10.4 Å². The van der Waals surface area contributed by atoms with Crippen molar-refractivity contribution in [1.29, 1.82) is 0 Å². The molecule has 2 atom stereocenters. The van der Waals surface area contributed by atoms with Gasteiger partial charge in [0.25, 0.3) is 0 Å². The first-order valence-electron chi connectivity index (χ1n) is 4.24. The van der Waals surface area contributed by atoms with Crippen LogP contribution >= 0.6 is 0 Å². The zero-order valence-corrected chi connectivity index (χ0v) is 9.26. The molecule has 0 aromatic heterocycles. The van der Waals surface area contributed by atoms with E-state index in [4.69, 9.17) is 5.11 Å². The van der Waals surface area contributed by atoms with Gasteiger partial charge in [-0.05, 0) is 20.8 Å². The van der Waals surface area contributed by atoms with Gasteiger partial charge in [0.05, 0.1) is 0 Å². The van der Waals surface area contributed by atoms with E-state index < -0.39 is 22.0 Å². The number of rotatable bonds is 5. The van der Waals surface area contributed by atoms with Gasteiger partial charge in [0, 0.05) is 16.8 Å².